The van der Waals surface area contributed by atoms with Crippen LogP contribution in [0.5, 0.6) is 0 Å². The first-order chi connectivity index (χ1) is 44.0. The molecule has 0 radical (unpaired) electrons. The molecule has 9 aromatic carbocycles. The summed E-state index contributed by atoms with van der Waals surface area (Å²) < 4.78 is 95.5. The normalized spacial score (nSPS) is 12.5. The number of sulfone groups is 3. The lowest BCUT2D eigenvalue weighted by molar-refractivity contribution is 0.0792. The molecule has 1 unspecified atom stereocenters. The lowest BCUT2D eigenvalue weighted by Crippen LogP contribution is -2.16. The largest absolute Gasteiger partial charge is 0.389 e. The van der Waals surface area contributed by atoms with Gasteiger partial charge in [0, 0.05) is 43.6 Å². The van der Waals surface area contributed by atoms with Crippen LogP contribution in [0.25, 0.3) is 66.5 Å². The molecular formula is C72H73N7O10S4. The van der Waals surface area contributed by atoms with Crippen LogP contribution in [0.1, 0.15) is 72.2 Å². The quantitative estimate of drug-likeness (QED) is 0.0440. The van der Waals surface area contributed by atoms with Crippen LogP contribution < -0.4 is 4.72 Å². The highest BCUT2D eigenvalue weighted by atomic mass is 32.2. The summed E-state index contributed by atoms with van der Waals surface area (Å²) in [5.74, 6) is 2.60. The molecule has 0 amide bonds. The van der Waals surface area contributed by atoms with E-state index in [0.717, 1.165) is 150 Å². The Balaban J connectivity index is 0.000000153. The molecule has 0 aliphatic carbocycles. The van der Waals surface area contributed by atoms with Crippen LogP contribution in [-0.4, -0.2) is 98.8 Å². The summed E-state index contributed by atoms with van der Waals surface area (Å²) in [5, 5.41) is 20.6. The first-order valence-corrected chi connectivity index (χ1v) is 37.6. The van der Waals surface area contributed by atoms with Crippen LogP contribution >= 0.6 is 0 Å². The maximum absolute atomic E-state index is 11.7. The summed E-state index contributed by atoms with van der Waals surface area (Å²) in [6.45, 7) is 5.36. The smallest absolute Gasteiger partial charge is 0.229 e. The van der Waals surface area contributed by atoms with E-state index < -0.39 is 51.2 Å². The Bertz CT molecular complexity index is 5140. The fourth-order valence-electron chi connectivity index (χ4n) is 11.0. The number of para-hydroxylation sites is 1. The number of aromatic amines is 3. The highest BCUT2D eigenvalue weighted by Crippen LogP contribution is 2.35. The van der Waals surface area contributed by atoms with Gasteiger partial charge in [0.15, 0.2) is 29.5 Å². The number of aliphatic hydroxyl groups excluding tert-OH is 1. The second kappa shape index (κ2) is 27.6. The second-order valence-corrected chi connectivity index (χ2v) is 31.6. The van der Waals surface area contributed by atoms with Gasteiger partial charge in [-0.3, -0.25) is 4.72 Å². The lowest BCUT2D eigenvalue weighted by Gasteiger charge is -2.21. The van der Waals surface area contributed by atoms with Crippen molar-refractivity contribution in [3.05, 3.63) is 245 Å². The van der Waals surface area contributed by atoms with Crippen molar-refractivity contribution in [3.63, 3.8) is 0 Å². The van der Waals surface area contributed by atoms with Crippen molar-refractivity contribution in [3.8, 4) is 33.4 Å². The van der Waals surface area contributed by atoms with E-state index in [1.807, 2.05) is 140 Å². The number of hydrogen-bond donors (Lipinski definition) is 6. The van der Waals surface area contributed by atoms with Crippen molar-refractivity contribution >= 4 is 78.3 Å². The molecule has 0 aliphatic heterocycles. The van der Waals surface area contributed by atoms with Gasteiger partial charge >= 0.3 is 0 Å². The number of aryl methyl sites for hydroxylation is 6. The Hall–Kier alpha value is -9.09. The maximum atomic E-state index is 11.7. The van der Waals surface area contributed by atoms with Crippen molar-refractivity contribution in [1.29, 1.82) is 0 Å². The van der Waals surface area contributed by atoms with E-state index >= 15 is 0 Å². The average Bonchev–Trinajstić information content (AvgIpc) is 1.87. The lowest BCUT2D eigenvalue weighted by atomic mass is 9.89. The van der Waals surface area contributed by atoms with E-state index in [2.05, 4.69) is 46.8 Å². The molecule has 12 aromatic rings. The molecule has 93 heavy (non-hydrogen) atoms. The van der Waals surface area contributed by atoms with Gasteiger partial charge in [0.1, 0.15) is 17.5 Å². The molecular weight excluding hydrogens is 1250 g/mol. The second-order valence-electron chi connectivity index (χ2n) is 23.8. The number of aliphatic hydroxyl groups is 2. The number of hydrogen-bond acceptors (Lipinski definition) is 13. The number of imidazole rings is 3. The molecule has 0 spiro atoms. The molecule has 480 valence electrons. The molecule has 0 fully saturated rings. The van der Waals surface area contributed by atoms with Gasteiger partial charge in [-0.05, 0) is 175 Å². The molecule has 12 rings (SSSR count). The summed E-state index contributed by atoms with van der Waals surface area (Å²) in [7, 11) is -12.9. The van der Waals surface area contributed by atoms with Gasteiger partial charge in [-0.1, -0.05) is 121 Å². The van der Waals surface area contributed by atoms with Crippen molar-refractivity contribution in [2.24, 2.45) is 0 Å². The molecule has 0 aliphatic rings. The van der Waals surface area contributed by atoms with Gasteiger partial charge in [-0.25, -0.2) is 48.6 Å². The summed E-state index contributed by atoms with van der Waals surface area (Å²) >= 11 is 0. The zero-order valence-electron chi connectivity index (χ0n) is 52.5. The van der Waals surface area contributed by atoms with E-state index in [1.165, 1.54) is 18.8 Å². The molecule has 21 heteroatoms. The number of benzene rings is 9. The fourth-order valence-corrected chi connectivity index (χ4v) is 13.4. The van der Waals surface area contributed by atoms with Crippen LogP contribution in [0.2, 0.25) is 0 Å². The molecule has 0 saturated carbocycles. The molecule has 3 heterocycles. The minimum Gasteiger partial charge on any atom is -0.389 e. The number of sulfonamides is 1. The van der Waals surface area contributed by atoms with Crippen molar-refractivity contribution in [2.45, 2.75) is 85.7 Å². The molecule has 6 N–H and O–H groups in total. The third-order valence-corrected chi connectivity index (χ3v) is 19.7. The number of rotatable bonds is 19. The predicted octanol–water partition coefficient (Wildman–Crippen LogP) is 12.9. The van der Waals surface area contributed by atoms with Gasteiger partial charge in [0.2, 0.25) is 10.0 Å². The van der Waals surface area contributed by atoms with Gasteiger partial charge in [0.25, 0.3) is 0 Å². The highest BCUT2D eigenvalue weighted by Gasteiger charge is 2.21. The van der Waals surface area contributed by atoms with E-state index in [0.29, 0.717) is 26.8 Å². The average molecular weight is 1320 g/mol. The Morgan fingerprint density at radius 3 is 1.12 bits per heavy atom. The standard InChI is InChI=1S/C25H26N2O3S.C24H24N2O3S.C23H23N3O4S2/c1-25(2,28)21-7-5-4-6-20(21)18-11-14-22-23(16-18)27-24(26-22)15-10-17-8-12-19(13-9-17)31(3,29)30;1-16(27)20-5-3-4-6-21(20)18-10-13-22-23(15-18)26-24(25-22)14-9-17-7-11-19(12-8-17)30(2,28)29;1-31(27,28)18-11-7-16(8-12-18)9-14-23-24-21-13-10-17(15-22(21)25-23)19-5-3-4-6-20(19)26-32(2,29)30/h4-9,11-14,16,28H,10,15H2,1-3H3,(H,26,27);3-8,10-13,15-16,27H,9,14H2,1-2H3,(H,25,26);3-8,10-13,15,26H,9,14H2,1-2H3,(H,24,25). The zero-order chi connectivity index (χ0) is 66.5. The third kappa shape index (κ3) is 17.3. The van der Waals surface area contributed by atoms with Crippen LogP contribution in [0.3, 0.4) is 0 Å². The van der Waals surface area contributed by atoms with Gasteiger partial charge in [0.05, 0.1) is 71.4 Å². The summed E-state index contributed by atoms with van der Waals surface area (Å²) in [6, 6.07) is 61.8. The zero-order valence-corrected chi connectivity index (χ0v) is 55.8. The van der Waals surface area contributed by atoms with Gasteiger partial charge in [-0.2, -0.15) is 0 Å². The minimum absolute atomic E-state index is 0.308. The number of H-pyrrole nitrogens is 3. The Labute approximate surface area is 542 Å². The summed E-state index contributed by atoms with van der Waals surface area (Å²) in [6.07, 6.45) is 8.59. The number of nitrogens with one attached hydrogen (secondary N) is 4. The van der Waals surface area contributed by atoms with Crippen LogP contribution in [0.4, 0.5) is 5.69 Å². The highest BCUT2D eigenvalue weighted by molar-refractivity contribution is 7.92. The Morgan fingerprint density at radius 2 is 0.753 bits per heavy atom. The number of anilines is 1. The van der Waals surface area contributed by atoms with Crippen LogP contribution in [0, 0.1) is 0 Å². The van der Waals surface area contributed by atoms with E-state index in [4.69, 9.17) is 0 Å². The number of aromatic nitrogens is 6. The van der Waals surface area contributed by atoms with Crippen molar-refractivity contribution < 1.29 is 43.9 Å². The topological polar surface area (TPSA) is 275 Å². The number of fused-ring (bicyclic) bond motifs is 3. The van der Waals surface area contributed by atoms with Gasteiger partial charge < -0.3 is 25.2 Å². The maximum Gasteiger partial charge on any atom is 0.229 e. The predicted molar refractivity (Wildman–Crippen MR) is 370 cm³/mol. The van der Waals surface area contributed by atoms with E-state index in [9.17, 15) is 43.9 Å². The Kier molecular flexibility index (Phi) is 19.8. The molecule has 1 atom stereocenters. The fraction of sp³-hybridized carbons (Fsp3) is 0.208. The Morgan fingerprint density at radius 1 is 0.419 bits per heavy atom. The SMILES string of the molecule is CC(C)(O)c1ccccc1-c1ccc2nc(CCc3ccc(S(C)(=O)=O)cc3)[nH]c2c1.CC(O)c1ccccc1-c1ccc2nc(CCc3ccc(S(C)(=O)=O)cc3)[nH]c2c1.CS(=O)(=O)Nc1ccccc1-c1ccc2nc(CCc3ccc(S(C)(=O)=O)cc3)[nH]c2c1. The molecule has 17 nitrogen and oxygen atoms in total. The van der Waals surface area contributed by atoms with Gasteiger partial charge in [-0.15, -0.1) is 0 Å². The van der Waals surface area contributed by atoms with E-state index in [1.54, 1.807) is 69.3 Å². The number of nitrogens with zero attached hydrogens (tertiary/aromatic N) is 3. The first-order valence-electron chi connectivity index (χ1n) is 30.0. The van der Waals surface area contributed by atoms with Crippen LogP contribution in [-0.2, 0) is 83.7 Å². The monoisotopic (exact) mass is 1320 g/mol. The van der Waals surface area contributed by atoms with Crippen molar-refractivity contribution in [1.82, 2.24) is 29.9 Å². The third-order valence-electron chi connectivity index (χ3n) is 15.8. The molecule has 0 saturated heterocycles. The molecule has 0 bridgehead atoms. The summed E-state index contributed by atoms with van der Waals surface area (Å²) in [5.41, 5.74) is 15.6. The van der Waals surface area contributed by atoms with E-state index in [-0.39, 0.29) is 0 Å². The minimum atomic E-state index is -3.39. The van der Waals surface area contributed by atoms with Crippen molar-refractivity contribution in [2.75, 3.05) is 29.7 Å². The van der Waals surface area contributed by atoms with Crippen LogP contribution in [0.15, 0.2) is 215 Å². The molecule has 3 aromatic heterocycles. The summed E-state index contributed by atoms with van der Waals surface area (Å²) in [4.78, 5) is 25.1. The first kappa shape index (κ1) is 66.8.